The molecule has 0 spiro atoms. The van der Waals surface area contributed by atoms with Gasteiger partial charge in [0.1, 0.15) is 0 Å². The zero-order valence-electron chi connectivity index (χ0n) is 8.91. The van der Waals surface area contributed by atoms with Crippen LogP contribution in [0.3, 0.4) is 0 Å². The Hall–Kier alpha value is -1.37. The Morgan fingerprint density at radius 3 is 2.71 bits per heavy atom. The second kappa shape index (κ2) is 3.41. The van der Waals surface area contributed by atoms with Crippen LogP contribution < -0.4 is 0 Å². The van der Waals surface area contributed by atoms with Gasteiger partial charge in [0.25, 0.3) is 0 Å². The summed E-state index contributed by atoms with van der Waals surface area (Å²) in [6.07, 6.45) is 1.85. The summed E-state index contributed by atoms with van der Waals surface area (Å²) in [6, 6.07) is 8.52. The van der Waals surface area contributed by atoms with Crippen molar-refractivity contribution in [2.75, 3.05) is 0 Å². The Kier molecular flexibility index (Phi) is 2.24. The minimum atomic E-state index is 0.571. The number of pyridine rings is 1. The van der Waals surface area contributed by atoms with Crippen molar-refractivity contribution in [3.63, 3.8) is 0 Å². The summed E-state index contributed by atoms with van der Waals surface area (Å²) in [4.78, 5) is 4.37. The van der Waals surface area contributed by atoms with E-state index in [1.54, 1.807) is 0 Å². The van der Waals surface area contributed by atoms with Crippen LogP contribution in [0.15, 0.2) is 30.5 Å². The Bertz CT molecular complexity index is 458. The van der Waals surface area contributed by atoms with Gasteiger partial charge in [0.15, 0.2) is 0 Å². The van der Waals surface area contributed by atoms with Crippen molar-refractivity contribution in [3.8, 4) is 0 Å². The van der Waals surface area contributed by atoms with Gasteiger partial charge in [0, 0.05) is 11.6 Å². The van der Waals surface area contributed by atoms with E-state index in [-0.39, 0.29) is 0 Å². The number of aryl methyl sites for hydroxylation is 1. The van der Waals surface area contributed by atoms with Gasteiger partial charge in [-0.1, -0.05) is 19.9 Å². The maximum atomic E-state index is 4.37. The number of benzene rings is 1. The first kappa shape index (κ1) is 9.20. The van der Waals surface area contributed by atoms with Gasteiger partial charge in [-0.25, -0.2) is 0 Å². The molecule has 0 aliphatic carbocycles. The number of aromatic nitrogens is 1. The molecule has 1 heterocycles. The molecule has 0 unspecified atom stereocenters. The molecular weight excluding hydrogens is 170 g/mol. The Morgan fingerprint density at radius 2 is 2.00 bits per heavy atom. The van der Waals surface area contributed by atoms with Gasteiger partial charge in [0.2, 0.25) is 0 Å². The van der Waals surface area contributed by atoms with Crippen LogP contribution in [0.1, 0.15) is 30.9 Å². The van der Waals surface area contributed by atoms with Gasteiger partial charge in [-0.05, 0) is 42.2 Å². The van der Waals surface area contributed by atoms with E-state index in [1.165, 1.54) is 16.5 Å². The normalized spacial score (nSPS) is 11.1. The van der Waals surface area contributed by atoms with Crippen molar-refractivity contribution in [1.29, 1.82) is 0 Å². The van der Waals surface area contributed by atoms with Crippen molar-refractivity contribution < 1.29 is 0 Å². The van der Waals surface area contributed by atoms with Gasteiger partial charge in [0.05, 0.1) is 5.52 Å². The summed E-state index contributed by atoms with van der Waals surface area (Å²) in [6.45, 7) is 6.61. The number of rotatable bonds is 1. The first-order valence-corrected chi connectivity index (χ1v) is 5.04. The topological polar surface area (TPSA) is 12.9 Å². The summed E-state index contributed by atoms with van der Waals surface area (Å²) < 4.78 is 0. The summed E-state index contributed by atoms with van der Waals surface area (Å²) in [5.74, 6) is 0.571. The van der Waals surface area contributed by atoms with Crippen LogP contribution >= 0.6 is 0 Å². The monoisotopic (exact) mass is 185 g/mol. The van der Waals surface area contributed by atoms with Crippen molar-refractivity contribution >= 4 is 10.9 Å². The molecule has 1 heteroatoms. The van der Waals surface area contributed by atoms with Crippen molar-refractivity contribution in [2.24, 2.45) is 0 Å². The molecule has 1 aromatic carbocycles. The van der Waals surface area contributed by atoms with E-state index >= 15 is 0 Å². The molecule has 2 aromatic rings. The average molecular weight is 185 g/mol. The Balaban J connectivity index is 2.71. The van der Waals surface area contributed by atoms with Crippen molar-refractivity contribution in [2.45, 2.75) is 26.7 Å². The zero-order chi connectivity index (χ0) is 10.1. The number of nitrogens with zero attached hydrogens (tertiary/aromatic N) is 1. The number of hydrogen-bond acceptors (Lipinski definition) is 1. The highest BCUT2D eigenvalue weighted by molar-refractivity contribution is 5.80. The van der Waals surface area contributed by atoms with Crippen LogP contribution in [0.4, 0.5) is 0 Å². The Morgan fingerprint density at radius 1 is 1.21 bits per heavy atom. The highest BCUT2D eigenvalue weighted by Crippen LogP contribution is 2.23. The molecule has 14 heavy (non-hydrogen) atoms. The third-order valence-corrected chi connectivity index (χ3v) is 2.61. The van der Waals surface area contributed by atoms with Crippen LogP contribution in [-0.2, 0) is 0 Å². The molecule has 1 aromatic heterocycles. The predicted octanol–water partition coefficient (Wildman–Crippen LogP) is 3.67. The first-order valence-electron chi connectivity index (χ1n) is 5.04. The average Bonchev–Trinajstić information content (AvgIpc) is 2.16. The molecule has 0 saturated carbocycles. The molecule has 0 aliphatic heterocycles. The van der Waals surface area contributed by atoms with Gasteiger partial charge >= 0.3 is 0 Å². The minimum absolute atomic E-state index is 0.571. The van der Waals surface area contributed by atoms with E-state index in [1.807, 2.05) is 12.3 Å². The molecule has 0 aliphatic rings. The highest BCUT2D eigenvalue weighted by atomic mass is 14.6. The van der Waals surface area contributed by atoms with Crippen LogP contribution in [-0.4, -0.2) is 4.98 Å². The van der Waals surface area contributed by atoms with E-state index in [4.69, 9.17) is 0 Å². The van der Waals surface area contributed by atoms with E-state index in [9.17, 15) is 0 Å². The fourth-order valence-corrected chi connectivity index (χ4v) is 1.87. The fourth-order valence-electron chi connectivity index (χ4n) is 1.87. The van der Waals surface area contributed by atoms with E-state index in [0.29, 0.717) is 5.92 Å². The van der Waals surface area contributed by atoms with Gasteiger partial charge < -0.3 is 0 Å². The number of hydrogen-bond donors (Lipinski definition) is 0. The van der Waals surface area contributed by atoms with Crippen LogP contribution in [0, 0.1) is 6.92 Å². The molecule has 0 bridgehead atoms. The lowest BCUT2D eigenvalue weighted by molar-refractivity contribution is 0.858. The van der Waals surface area contributed by atoms with Gasteiger partial charge in [-0.15, -0.1) is 0 Å². The third-order valence-electron chi connectivity index (χ3n) is 2.61. The molecule has 0 fully saturated rings. The second-order valence-corrected chi connectivity index (χ2v) is 4.06. The molecule has 0 atom stereocenters. The highest BCUT2D eigenvalue weighted by Gasteiger charge is 2.05. The number of fused-ring (bicyclic) bond motifs is 1. The fraction of sp³-hybridized carbons (Fsp3) is 0.308. The smallest absolute Gasteiger partial charge is 0.0704 e. The van der Waals surface area contributed by atoms with Gasteiger partial charge in [-0.2, -0.15) is 0 Å². The lowest BCUT2D eigenvalue weighted by Gasteiger charge is -2.10. The van der Waals surface area contributed by atoms with E-state index in [0.717, 1.165) is 5.52 Å². The largest absolute Gasteiger partial charge is 0.256 e. The molecule has 0 radical (unpaired) electrons. The van der Waals surface area contributed by atoms with Crippen LogP contribution in [0.2, 0.25) is 0 Å². The van der Waals surface area contributed by atoms with E-state index in [2.05, 4.69) is 44.0 Å². The maximum Gasteiger partial charge on any atom is 0.0704 e. The molecule has 2 rings (SSSR count). The SMILES string of the molecule is Cc1cc2cccnc2cc1C(C)C. The summed E-state index contributed by atoms with van der Waals surface area (Å²) >= 11 is 0. The lowest BCUT2D eigenvalue weighted by atomic mass is 9.96. The van der Waals surface area contributed by atoms with Crippen molar-refractivity contribution in [3.05, 3.63) is 41.6 Å². The molecule has 0 saturated heterocycles. The second-order valence-electron chi connectivity index (χ2n) is 4.06. The van der Waals surface area contributed by atoms with Crippen molar-refractivity contribution in [1.82, 2.24) is 4.98 Å². The van der Waals surface area contributed by atoms with E-state index < -0.39 is 0 Å². The Labute approximate surface area is 84.8 Å². The van der Waals surface area contributed by atoms with Crippen LogP contribution in [0.25, 0.3) is 10.9 Å². The third kappa shape index (κ3) is 1.50. The van der Waals surface area contributed by atoms with Crippen LogP contribution in [0.5, 0.6) is 0 Å². The predicted molar refractivity (Wildman–Crippen MR) is 60.6 cm³/mol. The quantitative estimate of drug-likeness (QED) is 0.660. The summed E-state index contributed by atoms with van der Waals surface area (Å²) in [5.41, 5.74) is 3.86. The first-order chi connectivity index (χ1) is 6.68. The molecule has 1 nitrogen and oxygen atoms in total. The zero-order valence-corrected chi connectivity index (χ0v) is 8.91. The summed E-state index contributed by atoms with van der Waals surface area (Å²) in [7, 11) is 0. The van der Waals surface area contributed by atoms with Gasteiger partial charge in [-0.3, -0.25) is 4.98 Å². The molecular formula is C13H15N. The standard InChI is InChI=1S/C13H15N/c1-9(2)12-8-13-11(7-10(12)3)5-4-6-14-13/h4-9H,1-3H3. The lowest BCUT2D eigenvalue weighted by Crippen LogP contribution is -1.92. The minimum Gasteiger partial charge on any atom is -0.256 e. The molecule has 0 N–H and O–H groups in total. The molecule has 0 amide bonds. The maximum absolute atomic E-state index is 4.37. The molecule has 72 valence electrons. The summed E-state index contributed by atoms with van der Waals surface area (Å²) in [5, 5.41) is 1.23.